The van der Waals surface area contributed by atoms with Crippen molar-refractivity contribution in [1.29, 1.82) is 0 Å². The van der Waals surface area contributed by atoms with Crippen LogP contribution in [0.5, 0.6) is 0 Å². The summed E-state index contributed by atoms with van der Waals surface area (Å²) < 4.78 is 0. The Morgan fingerprint density at radius 1 is 1.53 bits per heavy atom. The van der Waals surface area contributed by atoms with E-state index < -0.39 is 0 Å². The van der Waals surface area contributed by atoms with Gasteiger partial charge in [-0.25, -0.2) is 0 Å². The first-order valence-corrected chi connectivity index (χ1v) is 5.65. The summed E-state index contributed by atoms with van der Waals surface area (Å²) in [5.74, 6) is 5.30. The second kappa shape index (κ2) is 4.60. The zero-order valence-corrected chi connectivity index (χ0v) is 9.79. The fraction of sp³-hybridized carbons (Fsp3) is 0.357. The van der Waals surface area contributed by atoms with E-state index in [9.17, 15) is 4.79 Å². The molecule has 1 aromatic carbocycles. The summed E-state index contributed by atoms with van der Waals surface area (Å²) >= 11 is 0. The van der Waals surface area contributed by atoms with E-state index in [4.69, 9.17) is 5.11 Å². The zero-order valence-electron chi connectivity index (χ0n) is 9.79. The Hall–Kier alpha value is -1.79. The van der Waals surface area contributed by atoms with Gasteiger partial charge in [0.25, 0.3) is 5.91 Å². The SMILES string of the molecule is CC1(NC(=O)c2cccc(C#CCO)c2)CC1. The fourth-order valence-electron chi connectivity index (χ4n) is 1.54. The molecule has 1 aromatic rings. The van der Waals surface area contributed by atoms with Crippen molar-refractivity contribution < 1.29 is 9.90 Å². The molecular formula is C14H15NO2. The van der Waals surface area contributed by atoms with E-state index >= 15 is 0 Å². The molecule has 3 heteroatoms. The molecule has 2 rings (SSSR count). The van der Waals surface area contributed by atoms with E-state index in [1.807, 2.05) is 13.0 Å². The molecule has 0 heterocycles. The average molecular weight is 229 g/mol. The number of carbonyl (C=O) groups is 1. The third kappa shape index (κ3) is 3.08. The number of nitrogens with one attached hydrogen (secondary N) is 1. The molecule has 0 spiro atoms. The maximum absolute atomic E-state index is 11.9. The number of hydrogen-bond donors (Lipinski definition) is 2. The van der Waals surface area contributed by atoms with Crippen molar-refractivity contribution >= 4 is 5.91 Å². The largest absolute Gasteiger partial charge is 0.384 e. The standard InChI is InChI=1S/C14H15NO2/c1-14(7-8-14)15-13(17)12-6-2-4-11(10-12)5-3-9-16/h2,4,6,10,16H,7-9H2,1H3,(H,15,17). The van der Waals surface area contributed by atoms with Crippen LogP contribution in [0, 0.1) is 11.8 Å². The van der Waals surface area contributed by atoms with Crippen LogP contribution in [-0.4, -0.2) is 23.2 Å². The lowest BCUT2D eigenvalue weighted by atomic mass is 10.1. The summed E-state index contributed by atoms with van der Waals surface area (Å²) in [5.41, 5.74) is 1.35. The lowest BCUT2D eigenvalue weighted by Crippen LogP contribution is -2.34. The highest BCUT2D eigenvalue weighted by Gasteiger charge is 2.38. The molecule has 0 unspecified atom stereocenters. The van der Waals surface area contributed by atoms with Crippen molar-refractivity contribution in [3.8, 4) is 11.8 Å². The molecule has 1 amide bonds. The Bertz CT molecular complexity index is 492. The van der Waals surface area contributed by atoms with E-state index in [1.54, 1.807) is 18.2 Å². The molecule has 0 bridgehead atoms. The van der Waals surface area contributed by atoms with Crippen LogP contribution in [0.1, 0.15) is 35.7 Å². The van der Waals surface area contributed by atoms with Crippen molar-refractivity contribution in [3.05, 3.63) is 35.4 Å². The minimum absolute atomic E-state index is 0.0101. The predicted molar refractivity (Wildman–Crippen MR) is 65.5 cm³/mol. The lowest BCUT2D eigenvalue weighted by molar-refractivity contribution is 0.0935. The van der Waals surface area contributed by atoms with Crippen LogP contribution in [-0.2, 0) is 0 Å². The molecule has 1 aliphatic carbocycles. The molecule has 1 aliphatic rings. The van der Waals surface area contributed by atoms with E-state index in [-0.39, 0.29) is 18.1 Å². The van der Waals surface area contributed by atoms with Gasteiger partial charge in [0.15, 0.2) is 0 Å². The third-order valence-electron chi connectivity index (χ3n) is 2.85. The molecule has 0 atom stereocenters. The molecule has 0 radical (unpaired) electrons. The number of amides is 1. The average Bonchev–Trinajstić information content (AvgIpc) is 3.04. The van der Waals surface area contributed by atoms with Gasteiger partial charge in [0.05, 0.1) is 0 Å². The summed E-state index contributed by atoms with van der Waals surface area (Å²) in [7, 11) is 0. The van der Waals surface area contributed by atoms with E-state index in [2.05, 4.69) is 17.2 Å². The molecule has 0 saturated heterocycles. The lowest BCUT2D eigenvalue weighted by Gasteiger charge is -2.11. The van der Waals surface area contributed by atoms with Gasteiger partial charge in [-0.2, -0.15) is 0 Å². The Morgan fingerprint density at radius 3 is 2.94 bits per heavy atom. The quantitative estimate of drug-likeness (QED) is 0.751. The van der Waals surface area contributed by atoms with Gasteiger partial charge in [-0.3, -0.25) is 4.79 Å². The van der Waals surface area contributed by atoms with Gasteiger partial charge < -0.3 is 10.4 Å². The maximum atomic E-state index is 11.9. The molecule has 0 aliphatic heterocycles. The van der Waals surface area contributed by atoms with E-state index in [1.165, 1.54) is 0 Å². The van der Waals surface area contributed by atoms with E-state index in [0.717, 1.165) is 18.4 Å². The van der Waals surface area contributed by atoms with Gasteiger partial charge in [-0.1, -0.05) is 17.9 Å². The number of aliphatic hydroxyl groups excluding tert-OH is 1. The molecule has 3 nitrogen and oxygen atoms in total. The van der Waals surface area contributed by atoms with Gasteiger partial charge in [0, 0.05) is 16.7 Å². The van der Waals surface area contributed by atoms with Crippen molar-refractivity contribution in [3.63, 3.8) is 0 Å². The highest BCUT2D eigenvalue weighted by Crippen LogP contribution is 2.34. The van der Waals surface area contributed by atoms with Crippen LogP contribution in [0.15, 0.2) is 24.3 Å². The first-order chi connectivity index (χ1) is 8.13. The number of benzene rings is 1. The van der Waals surface area contributed by atoms with Crippen LogP contribution in [0.2, 0.25) is 0 Å². The topological polar surface area (TPSA) is 49.3 Å². The first kappa shape index (κ1) is 11.7. The molecule has 17 heavy (non-hydrogen) atoms. The number of hydrogen-bond acceptors (Lipinski definition) is 2. The molecule has 1 fully saturated rings. The molecule has 0 aromatic heterocycles. The highest BCUT2D eigenvalue weighted by molar-refractivity contribution is 5.95. The molecular weight excluding hydrogens is 214 g/mol. The summed E-state index contributed by atoms with van der Waals surface area (Å²) in [6, 6.07) is 7.12. The molecule has 88 valence electrons. The second-order valence-corrected chi connectivity index (χ2v) is 4.56. The van der Waals surface area contributed by atoms with Gasteiger partial charge >= 0.3 is 0 Å². The zero-order chi connectivity index (χ0) is 12.3. The smallest absolute Gasteiger partial charge is 0.251 e. The van der Waals surface area contributed by atoms with Crippen molar-refractivity contribution in [2.45, 2.75) is 25.3 Å². The van der Waals surface area contributed by atoms with Crippen LogP contribution in [0.25, 0.3) is 0 Å². The predicted octanol–water partition coefficient (Wildman–Crippen LogP) is 1.31. The summed E-state index contributed by atoms with van der Waals surface area (Å²) in [5, 5.41) is 11.6. The Labute approximate surface area is 101 Å². The Kier molecular flexibility index (Phi) is 3.16. The highest BCUT2D eigenvalue weighted by atomic mass is 16.2. The van der Waals surface area contributed by atoms with Crippen molar-refractivity contribution in [2.24, 2.45) is 0 Å². The normalized spacial score (nSPS) is 15.6. The van der Waals surface area contributed by atoms with E-state index in [0.29, 0.717) is 5.56 Å². The number of aliphatic hydroxyl groups is 1. The van der Waals surface area contributed by atoms with Crippen LogP contribution in [0.4, 0.5) is 0 Å². The van der Waals surface area contributed by atoms with Crippen molar-refractivity contribution in [2.75, 3.05) is 6.61 Å². The van der Waals surface area contributed by atoms with Crippen LogP contribution >= 0.6 is 0 Å². The maximum Gasteiger partial charge on any atom is 0.251 e. The third-order valence-corrected chi connectivity index (χ3v) is 2.85. The van der Waals surface area contributed by atoms with Crippen molar-refractivity contribution in [1.82, 2.24) is 5.32 Å². The first-order valence-electron chi connectivity index (χ1n) is 5.65. The van der Waals surface area contributed by atoms with Gasteiger partial charge in [0.2, 0.25) is 0 Å². The Morgan fingerprint density at radius 2 is 2.29 bits per heavy atom. The monoisotopic (exact) mass is 229 g/mol. The van der Waals surface area contributed by atoms with Crippen LogP contribution < -0.4 is 5.32 Å². The fourth-order valence-corrected chi connectivity index (χ4v) is 1.54. The summed E-state index contributed by atoms with van der Waals surface area (Å²) in [6.07, 6.45) is 2.09. The van der Waals surface area contributed by atoms with Gasteiger partial charge in [0.1, 0.15) is 6.61 Å². The number of carbonyl (C=O) groups excluding carboxylic acids is 1. The summed E-state index contributed by atoms with van der Waals surface area (Å²) in [6.45, 7) is 1.87. The molecule has 2 N–H and O–H groups in total. The molecule has 1 saturated carbocycles. The minimum Gasteiger partial charge on any atom is -0.384 e. The minimum atomic E-state index is -0.172. The van der Waals surface area contributed by atoms with Gasteiger partial charge in [-0.15, -0.1) is 0 Å². The van der Waals surface area contributed by atoms with Gasteiger partial charge in [-0.05, 0) is 38.0 Å². The summed E-state index contributed by atoms with van der Waals surface area (Å²) in [4.78, 5) is 11.9. The van der Waals surface area contributed by atoms with Crippen LogP contribution in [0.3, 0.4) is 0 Å². The number of rotatable bonds is 2. The second-order valence-electron chi connectivity index (χ2n) is 4.56. The Balaban J connectivity index is 2.12.